The molecule has 1 aliphatic heterocycles. The highest BCUT2D eigenvalue weighted by Crippen LogP contribution is 2.32. The molecule has 1 saturated heterocycles. The van der Waals surface area contributed by atoms with Crippen LogP contribution in [0, 0.1) is 22.2 Å². The van der Waals surface area contributed by atoms with Crippen molar-refractivity contribution in [1.82, 2.24) is 9.62 Å². The molecule has 1 amide bonds. The zero-order chi connectivity index (χ0) is 27.7. The molecule has 1 unspecified atom stereocenters. The predicted octanol–water partition coefficient (Wildman–Crippen LogP) is 4.14. The molecule has 1 fully saturated rings. The van der Waals surface area contributed by atoms with Gasteiger partial charge in [-0.1, -0.05) is 25.1 Å². The van der Waals surface area contributed by atoms with Crippen molar-refractivity contribution < 1.29 is 36.1 Å². The molecule has 37 heavy (non-hydrogen) atoms. The van der Waals surface area contributed by atoms with Crippen LogP contribution < -0.4 is 4.72 Å². The van der Waals surface area contributed by atoms with Crippen LogP contribution in [0.3, 0.4) is 0 Å². The zero-order valence-electron chi connectivity index (χ0n) is 20.8. The van der Waals surface area contributed by atoms with Crippen LogP contribution in [0.15, 0.2) is 36.4 Å². The number of ether oxygens (including phenoxy) is 1. The van der Waals surface area contributed by atoms with Gasteiger partial charge in [0, 0.05) is 24.3 Å². The minimum atomic E-state index is -3.43. The molecule has 7 nitrogen and oxygen atoms in total. The largest absolute Gasteiger partial charge is 0.450 e. The Labute approximate surface area is 213 Å². The Bertz CT molecular complexity index is 1280. The third kappa shape index (κ3) is 6.48. The van der Waals surface area contributed by atoms with Gasteiger partial charge in [0.05, 0.1) is 18.6 Å². The van der Waals surface area contributed by atoms with Gasteiger partial charge in [0.25, 0.3) is 5.91 Å². The van der Waals surface area contributed by atoms with Crippen molar-refractivity contribution in [3.8, 4) is 11.1 Å². The average Bonchev–Trinajstić information content (AvgIpc) is 3.07. The maximum absolute atomic E-state index is 15.6. The topological polar surface area (TPSA) is 99.6 Å². The van der Waals surface area contributed by atoms with Gasteiger partial charge in [-0.05, 0) is 43.5 Å². The number of likely N-dealkylation sites (tertiary alicyclic amines) is 1. The number of rotatable bonds is 8. The predicted molar refractivity (Wildman–Crippen MR) is 130 cm³/mol. The number of nitrogens with zero attached hydrogens (tertiary/aromatic N) is 1. The van der Waals surface area contributed by atoms with Gasteiger partial charge < -0.3 is 9.64 Å². The molecule has 0 saturated carbocycles. The number of hydrogen-bond donors (Lipinski definition) is 2. The maximum atomic E-state index is 15.6. The second kappa shape index (κ2) is 10.8. The molecule has 0 aromatic heterocycles. The third-order valence-corrected chi connectivity index (χ3v) is 7.63. The van der Waals surface area contributed by atoms with E-state index in [2.05, 4.69) is 4.72 Å². The minimum absolute atomic E-state index is 0.00383. The lowest BCUT2D eigenvalue weighted by Crippen LogP contribution is -2.54. The molecule has 2 aromatic rings. The molecule has 0 radical (unpaired) electrons. The first-order chi connectivity index (χ1) is 17.1. The number of carbonyl (C=O) groups is 2. The van der Waals surface area contributed by atoms with Crippen LogP contribution in [0.1, 0.15) is 33.3 Å². The van der Waals surface area contributed by atoms with Gasteiger partial charge in [-0.2, -0.15) is 0 Å². The molecule has 2 N–H and O–H groups in total. The summed E-state index contributed by atoms with van der Waals surface area (Å²) < 4.78 is 86.4. The Balaban J connectivity index is 2.05. The second-order valence-electron chi connectivity index (χ2n) is 9.39. The lowest BCUT2D eigenvalue weighted by atomic mass is 9.95. The highest BCUT2D eigenvalue weighted by atomic mass is 32.2. The Morgan fingerprint density at radius 3 is 2.38 bits per heavy atom. The normalized spacial score (nSPS) is 21.5. The summed E-state index contributed by atoms with van der Waals surface area (Å²) in [5, 5.41) is 0. The SMILES string of the molecule is CCS(=N)(=O)N[C@H]1[C@@H](F)CN(C(=O)C(C)(C)OC(C)=O)[C@H]1Cc1cccc(-c2cc(F)cc(F)c2)c1F. The first kappa shape index (κ1) is 28.6. The van der Waals surface area contributed by atoms with Gasteiger partial charge in [0.2, 0.25) is 0 Å². The van der Waals surface area contributed by atoms with E-state index < -0.39 is 69.6 Å². The number of carbonyl (C=O) groups excluding carboxylic acids is 2. The van der Waals surface area contributed by atoms with Crippen molar-refractivity contribution >= 4 is 21.8 Å². The summed E-state index contributed by atoms with van der Waals surface area (Å²) in [5.74, 6) is -4.24. The fourth-order valence-corrected chi connectivity index (χ4v) is 5.35. The van der Waals surface area contributed by atoms with E-state index in [1.165, 1.54) is 39.0 Å². The third-order valence-electron chi connectivity index (χ3n) is 6.16. The van der Waals surface area contributed by atoms with Crippen LogP contribution in [0.5, 0.6) is 0 Å². The number of halogens is 4. The summed E-state index contributed by atoms with van der Waals surface area (Å²) in [6.45, 7) is 4.79. The van der Waals surface area contributed by atoms with E-state index in [0.29, 0.717) is 6.07 Å². The lowest BCUT2D eigenvalue weighted by molar-refractivity contribution is -0.169. The van der Waals surface area contributed by atoms with Crippen LogP contribution in [-0.4, -0.2) is 57.1 Å². The van der Waals surface area contributed by atoms with Gasteiger partial charge in [-0.25, -0.2) is 31.3 Å². The van der Waals surface area contributed by atoms with E-state index in [9.17, 15) is 22.6 Å². The van der Waals surface area contributed by atoms with Crippen molar-refractivity contribution in [1.29, 1.82) is 4.78 Å². The smallest absolute Gasteiger partial charge is 0.303 e. The molecule has 0 aliphatic carbocycles. The second-order valence-corrected chi connectivity index (χ2v) is 11.6. The minimum Gasteiger partial charge on any atom is -0.450 e. The van der Waals surface area contributed by atoms with E-state index in [1.54, 1.807) is 0 Å². The van der Waals surface area contributed by atoms with Gasteiger partial charge in [0.1, 0.15) is 33.5 Å². The van der Waals surface area contributed by atoms with E-state index in [-0.39, 0.29) is 28.9 Å². The number of alkyl halides is 1. The maximum Gasteiger partial charge on any atom is 0.303 e. The summed E-state index contributed by atoms with van der Waals surface area (Å²) in [6.07, 6.45) is -2.04. The number of esters is 1. The van der Waals surface area contributed by atoms with Crippen molar-refractivity contribution in [2.75, 3.05) is 12.3 Å². The summed E-state index contributed by atoms with van der Waals surface area (Å²) >= 11 is 0. The Morgan fingerprint density at radius 1 is 1.19 bits per heavy atom. The van der Waals surface area contributed by atoms with Gasteiger partial charge in [-0.15, -0.1) is 0 Å². The molecule has 3 rings (SSSR count). The first-order valence-corrected chi connectivity index (χ1v) is 13.3. The Kier molecular flexibility index (Phi) is 8.33. The molecule has 1 aliphatic rings. The van der Waals surface area contributed by atoms with E-state index >= 15 is 8.78 Å². The van der Waals surface area contributed by atoms with E-state index in [1.807, 2.05) is 0 Å². The molecule has 12 heteroatoms. The van der Waals surface area contributed by atoms with Crippen LogP contribution >= 0.6 is 0 Å². The van der Waals surface area contributed by atoms with Gasteiger partial charge >= 0.3 is 5.97 Å². The molecule has 0 spiro atoms. The molecule has 202 valence electrons. The number of benzene rings is 2. The van der Waals surface area contributed by atoms with Crippen LogP contribution in [-0.2, 0) is 30.7 Å². The summed E-state index contributed by atoms with van der Waals surface area (Å²) in [7, 11) is -3.43. The van der Waals surface area contributed by atoms with E-state index in [4.69, 9.17) is 9.52 Å². The van der Waals surface area contributed by atoms with Crippen molar-refractivity contribution in [3.63, 3.8) is 0 Å². The first-order valence-electron chi connectivity index (χ1n) is 11.6. The number of amides is 1. The molecule has 4 atom stereocenters. The lowest BCUT2D eigenvalue weighted by Gasteiger charge is -2.34. The highest BCUT2D eigenvalue weighted by Gasteiger charge is 2.49. The Morgan fingerprint density at radius 2 is 1.81 bits per heavy atom. The van der Waals surface area contributed by atoms with Crippen LogP contribution in [0.2, 0.25) is 0 Å². The Hall–Kier alpha value is -2.99. The molecular formula is C25H29F4N3O4S. The average molecular weight is 544 g/mol. The van der Waals surface area contributed by atoms with E-state index in [0.717, 1.165) is 24.0 Å². The fraction of sp³-hybridized carbons (Fsp3) is 0.440. The summed E-state index contributed by atoms with van der Waals surface area (Å²) in [5.41, 5.74) is -1.83. The summed E-state index contributed by atoms with van der Waals surface area (Å²) in [6, 6.07) is 4.34. The zero-order valence-corrected chi connectivity index (χ0v) is 21.6. The standard InChI is InChI=1S/C25H29F4N3O4S/c1-5-37(30,35)31-23-20(28)13-32(24(34)25(3,4)36-14(2)33)21(23)11-15-7-6-8-19(22(15)29)16-9-17(26)12-18(27)10-16/h6-10,12,20-21,23H,5,11,13H2,1-4H3,(H2,30,31,35)/t20-,21-,23-,37?/m0/s1. The van der Waals surface area contributed by atoms with Crippen molar-refractivity contribution in [3.05, 3.63) is 59.4 Å². The van der Waals surface area contributed by atoms with Crippen LogP contribution in [0.25, 0.3) is 11.1 Å². The van der Waals surface area contributed by atoms with Crippen LogP contribution in [0.4, 0.5) is 17.6 Å². The van der Waals surface area contributed by atoms with Gasteiger partial charge in [-0.3, -0.25) is 9.59 Å². The monoisotopic (exact) mass is 543 g/mol. The van der Waals surface area contributed by atoms with Gasteiger partial charge in [0.15, 0.2) is 5.60 Å². The molecule has 2 aromatic carbocycles. The molecule has 1 heterocycles. The number of hydrogen-bond acceptors (Lipinski definition) is 5. The van der Waals surface area contributed by atoms with Crippen molar-refractivity contribution in [2.45, 2.75) is 58.0 Å². The van der Waals surface area contributed by atoms with Crippen molar-refractivity contribution in [2.24, 2.45) is 0 Å². The summed E-state index contributed by atoms with van der Waals surface area (Å²) in [4.78, 5) is 26.0. The fourth-order valence-electron chi connectivity index (χ4n) is 4.44. The highest BCUT2D eigenvalue weighted by molar-refractivity contribution is 7.90. The molecular weight excluding hydrogens is 514 g/mol. The molecule has 0 bridgehead atoms. The number of nitrogens with one attached hydrogen (secondary N) is 2. The quantitative estimate of drug-likeness (QED) is 0.386.